The fourth-order valence-corrected chi connectivity index (χ4v) is 2.92. The van der Waals surface area contributed by atoms with Gasteiger partial charge in [0, 0.05) is 37.3 Å². The number of aryl methyl sites for hydroxylation is 1. The van der Waals surface area contributed by atoms with Crippen LogP contribution >= 0.6 is 11.6 Å². The highest BCUT2D eigenvalue weighted by molar-refractivity contribution is 6.31. The minimum atomic E-state index is -0.195. The standard InChI is InChI=1S/C18H20ClN5O3/c1-12-7-14(16(27-2)8-13(12)19)22-17-10-20-15(9-21-17)18(26)24-5-3-23(11-25)4-6-24/h7-11H,3-6H2,1-2H3,(H,21,22). The maximum absolute atomic E-state index is 12.5. The molecule has 2 heterocycles. The summed E-state index contributed by atoms with van der Waals surface area (Å²) >= 11 is 6.12. The molecule has 0 spiro atoms. The third-order valence-corrected chi connectivity index (χ3v) is 4.77. The van der Waals surface area contributed by atoms with Crippen LogP contribution in [0.1, 0.15) is 16.1 Å². The molecule has 0 bridgehead atoms. The van der Waals surface area contributed by atoms with Gasteiger partial charge in [0.15, 0.2) is 0 Å². The number of carbonyl (C=O) groups excluding carboxylic acids is 2. The van der Waals surface area contributed by atoms with Gasteiger partial charge in [-0.05, 0) is 18.6 Å². The van der Waals surface area contributed by atoms with Crippen LogP contribution < -0.4 is 10.1 Å². The highest BCUT2D eigenvalue weighted by Crippen LogP contribution is 2.32. The second-order valence-electron chi connectivity index (χ2n) is 6.15. The number of nitrogens with zero attached hydrogens (tertiary/aromatic N) is 4. The summed E-state index contributed by atoms with van der Waals surface area (Å²) in [6, 6.07) is 3.58. The topological polar surface area (TPSA) is 87.7 Å². The van der Waals surface area contributed by atoms with Gasteiger partial charge < -0.3 is 19.9 Å². The van der Waals surface area contributed by atoms with E-state index in [1.807, 2.05) is 13.0 Å². The number of piperazine rings is 1. The van der Waals surface area contributed by atoms with Crippen molar-refractivity contribution in [3.05, 3.63) is 40.8 Å². The van der Waals surface area contributed by atoms with E-state index in [2.05, 4.69) is 15.3 Å². The highest BCUT2D eigenvalue weighted by atomic mass is 35.5. The Hall–Kier alpha value is -2.87. The lowest BCUT2D eigenvalue weighted by Crippen LogP contribution is -2.48. The predicted octanol–water partition coefficient (Wildman–Crippen LogP) is 2.10. The summed E-state index contributed by atoms with van der Waals surface area (Å²) in [6.07, 6.45) is 3.74. The molecule has 0 unspecified atom stereocenters. The largest absolute Gasteiger partial charge is 0.495 e. The van der Waals surface area contributed by atoms with Gasteiger partial charge in [-0.25, -0.2) is 9.97 Å². The molecule has 0 radical (unpaired) electrons. The Balaban J connectivity index is 1.70. The van der Waals surface area contributed by atoms with E-state index in [4.69, 9.17) is 16.3 Å². The van der Waals surface area contributed by atoms with Crippen LogP contribution in [0.15, 0.2) is 24.5 Å². The van der Waals surface area contributed by atoms with Gasteiger partial charge in [0.1, 0.15) is 17.3 Å². The number of carbonyl (C=O) groups is 2. The quantitative estimate of drug-likeness (QED) is 0.788. The fraction of sp³-hybridized carbons (Fsp3) is 0.333. The van der Waals surface area contributed by atoms with Crippen LogP contribution in [0.2, 0.25) is 5.02 Å². The first kappa shape index (κ1) is 18.9. The number of hydrogen-bond donors (Lipinski definition) is 1. The monoisotopic (exact) mass is 389 g/mol. The van der Waals surface area contributed by atoms with Gasteiger partial charge in [0.2, 0.25) is 6.41 Å². The summed E-state index contributed by atoms with van der Waals surface area (Å²) < 4.78 is 5.33. The van der Waals surface area contributed by atoms with Gasteiger partial charge in [-0.3, -0.25) is 9.59 Å². The van der Waals surface area contributed by atoms with Gasteiger partial charge in [0.05, 0.1) is 25.2 Å². The fourth-order valence-electron chi connectivity index (χ4n) is 2.76. The summed E-state index contributed by atoms with van der Waals surface area (Å²) in [5.41, 5.74) is 1.87. The van der Waals surface area contributed by atoms with E-state index in [0.717, 1.165) is 12.0 Å². The zero-order valence-electron chi connectivity index (χ0n) is 15.1. The molecule has 1 aromatic carbocycles. The molecule has 1 aliphatic rings. The Kier molecular flexibility index (Phi) is 5.75. The van der Waals surface area contributed by atoms with Crippen molar-refractivity contribution in [3.63, 3.8) is 0 Å². The summed E-state index contributed by atoms with van der Waals surface area (Å²) in [4.78, 5) is 35.1. The van der Waals surface area contributed by atoms with Crippen molar-refractivity contribution in [2.45, 2.75) is 6.92 Å². The van der Waals surface area contributed by atoms with Crippen LogP contribution in [-0.4, -0.2) is 65.4 Å². The molecule has 9 heteroatoms. The van der Waals surface area contributed by atoms with Gasteiger partial charge in [-0.2, -0.15) is 0 Å². The molecule has 0 aliphatic carbocycles. The van der Waals surface area contributed by atoms with E-state index >= 15 is 0 Å². The number of anilines is 2. The zero-order chi connectivity index (χ0) is 19.4. The molecule has 0 atom stereocenters. The maximum atomic E-state index is 12.5. The minimum Gasteiger partial charge on any atom is -0.495 e. The van der Waals surface area contributed by atoms with Gasteiger partial charge >= 0.3 is 0 Å². The molecular formula is C18H20ClN5O3. The molecule has 2 amide bonds. The number of nitrogens with one attached hydrogen (secondary N) is 1. The summed E-state index contributed by atoms with van der Waals surface area (Å²) in [5.74, 6) is 0.873. The summed E-state index contributed by atoms with van der Waals surface area (Å²) in [5, 5.41) is 3.73. The lowest BCUT2D eigenvalue weighted by molar-refractivity contribution is -0.119. The van der Waals surface area contributed by atoms with E-state index in [1.54, 1.807) is 23.0 Å². The minimum absolute atomic E-state index is 0.195. The average Bonchev–Trinajstić information content (AvgIpc) is 2.70. The average molecular weight is 390 g/mol. The van der Waals surface area contributed by atoms with Gasteiger partial charge in [-0.1, -0.05) is 11.6 Å². The van der Waals surface area contributed by atoms with Crippen LogP contribution in [0, 0.1) is 6.92 Å². The van der Waals surface area contributed by atoms with Crippen molar-refractivity contribution >= 4 is 35.4 Å². The van der Waals surface area contributed by atoms with E-state index in [0.29, 0.717) is 48.5 Å². The van der Waals surface area contributed by atoms with E-state index < -0.39 is 0 Å². The van der Waals surface area contributed by atoms with Gasteiger partial charge in [-0.15, -0.1) is 0 Å². The van der Waals surface area contributed by atoms with Crippen molar-refractivity contribution in [1.29, 1.82) is 0 Å². The lowest BCUT2D eigenvalue weighted by atomic mass is 10.2. The molecule has 1 aromatic heterocycles. The molecule has 1 N–H and O–H groups in total. The molecule has 3 rings (SSSR count). The molecule has 1 fully saturated rings. The lowest BCUT2D eigenvalue weighted by Gasteiger charge is -2.32. The summed E-state index contributed by atoms with van der Waals surface area (Å²) in [6.45, 7) is 3.92. The molecule has 1 saturated heterocycles. The highest BCUT2D eigenvalue weighted by Gasteiger charge is 2.22. The number of halogens is 1. The van der Waals surface area contributed by atoms with Crippen LogP contribution in [0.3, 0.4) is 0 Å². The first-order chi connectivity index (χ1) is 13.0. The second kappa shape index (κ2) is 8.22. The second-order valence-corrected chi connectivity index (χ2v) is 6.55. The first-order valence-corrected chi connectivity index (χ1v) is 8.81. The normalized spacial score (nSPS) is 14.0. The number of hydrogen-bond acceptors (Lipinski definition) is 6. The number of rotatable bonds is 5. The van der Waals surface area contributed by atoms with Crippen molar-refractivity contribution in [2.24, 2.45) is 0 Å². The van der Waals surface area contributed by atoms with Crippen LogP contribution in [0.25, 0.3) is 0 Å². The molecule has 1 aliphatic heterocycles. The van der Waals surface area contributed by atoms with Crippen molar-refractivity contribution in [3.8, 4) is 5.75 Å². The SMILES string of the molecule is COc1cc(Cl)c(C)cc1Nc1cnc(C(=O)N2CCN(C=O)CC2)cn1. The number of aromatic nitrogens is 2. The predicted molar refractivity (Wildman–Crippen MR) is 102 cm³/mol. The molecule has 0 saturated carbocycles. The van der Waals surface area contributed by atoms with E-state index in [-0.39, 0.29) is 11.6 Å². The Morgan fingerprint density at radius 1 is 1.22 bits per heavy atom. The Morgan fingerprint density at radius 3 is 2.56 bits per heavy atom. The van der Waals surface area contributed by atoms with Crippen LogP contribution in [0.4, 0.5) is 11.5 Å². The van der Waals surface area contributed by atoms with E-state index in [1.165, 1.54) is 12.4 Å². The Morgan fingerprint density at radius 2 is 1.96 bits per heavy atom. The Bertz CT molecular complexity index is 836. The third kappa shape index (κ3) is 4.28. The smallest absolute Gasteiger partial charge is 0.274 e. The molecule has 142 valence electrons. The van der Waals surface area contributed by atoms with E-state index in [9.17, 15) is 9.59 Å². The van der Waals surface area contributed by atoms with Gasteiger partial charge in [0.25, 0.3) is 5.91 Å². The number of amides is 2. The first-order valence-electron chi connectivity index (χ1n) is 8.43. The number of benzene rings is 1. The van der Waals surface area contributed by atoms with Crippen LogP contribution in [0.5, 0.6) is 5.75 Å². The molecule has 2 aromatic rings. The Labute approximate surface area is 162 Å². The number of ether oxygens (including phenoxy) is 1. The number of methoxy groups -OCH3 is 1. The maximum Gasteiger partial charge on any atom is 0.274 e. The summed E-state index contributed by atoms with van der Waals surface area (Å²) in [7, 11) is 1.56. The molecule has 8 nitrogen and oxygen atoms in total. The van der Waals surface area contributed by atoms with Crippen molar-refractivity contribution in [1.82, 2.24) is 19.8 Å². The van der Waals surface area contributed by atoms with Crippen molar-refractivity contribution in [2.75, 3.05) is 38.6 Å². The molecule has 27 heavy (non-hydrogen) atoms. The molecular weight excluding hydrogens is 370 g/mol. The third-order valence-electron chi connectivity index (χ3n) is 4.36. The van der Waals surface area contributed by atoms with Crippen LogP contribution in [-0.2, 0) is 4.79 Å². The van der Waals surface area contributed by atoms with Crippen molar-refractivity contribution < 1.29 is 14.3 Å². The zero-order valence-corrected chi connectivity index (χ0v) is 15.9.